The van der Waals surface area contributed by atoms with Crippen LogP contribution in [0.4, 0.5) is 18.9 Å². The molecule has 0 unspecified atom stereocenters. The number of nitrogens with one attached hydrogen (secondary N) is 1. The molecule has 4 aromatic heterocycles. The zero-order valence-corrected chi connectivity index (χ0v) is 28.0. The first-order valence-corrected chi connectivity index (χ1v) is 16.5. The van der Waals surface area contributed by atoms with Gasteiger partial charge in [-0.25, -0.2) is 9.97 Å². The van der Waals surface area contributed by atoms with Crippen molar-refractivity contribution in [1.29, 1.82) is 0 Å². The molecule has 0 aliphatic carbocycles. The van der Waals surface area contributed by atoms with Crippen molar-refractivity contribution >= 4 is 34.9 Å². The molecule has 5 aromatic rings. The van der Waals surface area contributed by atoms with Crippen LogP contribution in [0.15, 0.2) is 41.7 Å². The minimum atomic E-state index is -4.63. The van der Waals surface area contributed by atoms with Gasteiger partial charge in [0.05, 0.1) is 70.8 Å². The Morgan fingerprint density at radius 1 is 1.17 bits per heavy atom. The molecule has 8 rings (SSSR count). The van der Waals surface area contributed by atoms with Crippen LogP contribution in [-0.2, 0) is 39.2 Å². The molecule has 2 N–H and O–H groups in total. The van der Waals surface area contributed by atoms with Crippen molar-refractivity contribution in [2.45, 2.75) is 50.7 Å². The number of halogens is 4. The van der Waals surface area contributed by atoms with E-state index in [0.29, 0.717) is 24.5 Å². The van der Waals surface area contributed by atoms with E-state index in [2.05, 4.69) is 30.5 Å². The fourth-order valence-electron chi connectivity index (χ4n) is 6.67. The smallest absolute Gasteiger partial charge is 0.416 e. The number of nitrogens with zero attached hydrogens (tertiary/aromatic N) is 9. The molecule has 0 atom stereocenters. The fourth-order valence-corrected chi connectivity index (χ4v) is 6.90. The van der Waals surface area contributed by atoms with Crippen LogP contribution in [-0.4, -0.2) is 87.0 Å². The van der Waals surface area contributed by atoms with Crippen molar-refractivity contribution in [3.05, 3.63) is 80.5 Å². The molecular formula is C32H28ClF3N10O6. The van der Waals surface area contributed by atoms with Gasteiger partial charge in [0.25, 0.3) is 11.5 Å². The number of hydrogen-bond acceptors (Lipinski definition) is 11. The first-order valence-electron chi connectivity index (χ1n) is 16.1. The molecule has 2 fully saturated rings. The van der Waals surface area contributed by atoms with Gasteiger partial charge in [-0.05, 0) is 38.0 Å². The quantitative estimate of drug-likeness (QED) is 0.261. The summed E-state index contributed by atoms with van der Waals surface area (Å²) in [6.07, 6.45) is 0.253. The van der Waals surface area contributed by atoms with Crippen molar-refractivity contribution < 1.29 is 37.3 Å². The van der Waals surface area contributed by atoms with Gasteiger partial charge >= 0.3 is 6.18 Å². The summed E-state index contributed by atoms with van der Waals surface area (Å²) in [4.78, 5) is 55.1. The summed E-state index contributed by atoms with van der Waals surface area (Å²) in [5, 5.41) is 21.5. The number of alkyl halides is 3. The lowest BCUT2D eigenvalue weighted by atomic mass is 9.85. The number of fused-ring (bicyclic) bond motifs is 3. The van der Waals surface area contributed by atoms with Crippen LogP contribution in [0.25, 0.3) is 17.2 Å². The molecule has 0 radical (unpaired) electrons. The Morgan fingerprint density at radius 3 is 2.63 bits per heavy atom. The molecule has 2 amide bonds. The van der Waals surface area contributed by atoms with E-state index in [-0.39, 0.29) is 83.6 Å². The molecule has 16 nitrogen and oxygen atoms in total. The normalized spacial score (nSPS) is 17.1. The maximum Gasteiger partial charge on any atom is 0.416 e. The van der Waals surface area contributed by atoms with E-state index in [0.717, 1.165) is 22.7 Å². The number of aromatic nitrogens is 8. The summed E-state index contributed by atoms with van der Waals surface area (Å²) in [5.41, 5.74) is -1.46. The number of benzene rings is 1. The standard InChI is InChI=1S/C32H28ClF3N10O6/c1-16-26(48)25(38-15-37-16)29(50)43-6-4-31(5-7-43)24-22(14-52-31)44(11-23(47)40-21-3-2-18(8-20(21)33)32(34,35)36)30-41-27(42-46(30)28(24)49)17-9-39-45(10-17)19-12-51-13-19/h2-3,8-10,15,19,48H,4-7,11-14H2,1H3,(H,40,47). The number of ether oxygens (including phenoxy) is 2. The van der Waals surface area contributed by atoms with Gasteiger partial charge in [0.1, 0.15) is 18.5 Å². The van der Waals surface area contributed by atoms with E-state index in [1.807, 2.05) is 0 Å². The lowest BCUT2D eigenvalue weighted by Gasteiger charge is -2.38. The topological polar surface area (TPSA) is 184 Å². The highest BCUT2D eigenvalue weighted by Crippen LogP contribution is 2.43. The number of aromatic hydroxyl groups is 1. The zero-order chi connectivity index (χ0) is 36.5. The Labute approximate surface area is 295 Å². The van der Waals surface area contributed by atoms with Gasteiger partial charge in [-0.1, -0.05) is 11.6 Å². The van der Waals surface area contributed by atoms with E-state index in [9.17, 15) is 32.7 Å². The molecule has 270 valence electrons. The molecule has 3 aliphatic heterocycles. The SMILES string of the molecule is Cc1ncnc(C(=O)N2CCC3(CC2)OCc2c3c(=O)n3nc(-c4cnn(C5COC5)c4)nc3n2CC(=O)Nc2ccc(C(F)(F)F)cc2Cl)c1O. The lowest BCUT2D eigenvalue weighted by molar-refractivity contribution is -0.137. The number of piperidine rings is 1. The van der Waals surface area contributed by atoms with Gasteiger partial charge in [-0.3, -0.25) is 19.1 Å². The molecule has 20 heteroatoms. The minimum absolute atomic E-state index is 0.0232. The van der Waals surface area contributed by atoms with E-state index in [4.69, 9.17) is 21.1 Å². The lowest BCUT2D eigenvalue weighted by Crippen LogP contribution is -2.47. The van der Waals surface area contributed by atoms with E-state index in [1.54, 1.807) is 24.0 Å². The van der Waals surface area contributed by atoms with Crippen molar-refractivity contribution in [2.24, 2.45) is 0 Å². The molecule has 0 bridgehead atoms. The molecule has 0 saturated carbocycles. The summed E-state index contributed by atoms with van der Waals surface area (Å²) in [7, 11) is 0. The van der Waals surface area contributed by atoms with Crippen LogP contribution in [0.3, 0.4) is 0 Å². The molecule has 1 aromatic carbocycles. The highest BCUT2D eigenvalue weighted by Gasteiger charge is 2.48. The monoisotopic (exact) mass is 740 g/mol. The molecule has 7 heterocycles. The number of rotatable bonds is 6. The Morgan fingerprint density at radius 2 is 1.94 bits per heavy atom. The number of hydrogen-bond donors (Lipinski definition) is 2. The second-order valence-corrected chi connectivity index (χ2v) is 13.1. The molecule has 3 aliphatic rings. The Balaban J connectivity index is 1.15. The largest absolute Gasteiger partial charge is 0.504 e. The number of aryl methyl sites for hydroxylation is 1. The third-order valence-electron chi connectivity index (χ3n) is 9.59. The van der Waals surface area contributed by atoms with Crippen molar-refractivity contribution in [2.75, 3.05) is 31.6 Å². The number of likely N-dealkylation sites (tertiary alicyclic amines) is 1. The molecular weight excluding hydrogens is 713 g/mol. The van der Waals surface area contributed by atoms with Crippen LogP contribution >= 0.6 is 11.6 Å². The molecule has 1 spiro atoms. The Kier molecular flexibility index (Phi) is 8.03. The van der Waals surface area contributed by atoms with Gasteiger partial charge in [0.15, 0.2) is 17.3 Å². The van der Waals surface area contributed by atoms with Crippen LogP contribution < -0.4 is 10.9 Å². The Bertz CT molecular complexity index is 2330. The van der Waals surface area contributed by atoms with E-state index in [1.165, 1.54) is 15.8 Å². The van der Waals surface area contributed by atoms with E-state index >= 15 is 0 Å². The highest BCUT2D eigenvalue weighted by atomic mass is 35.5. The predicted molar refractivity (Wildman–Crippen MR) is 173 cm³/mol. The third-order valence-corrected chi connectivity index (χ3v) is 9.90. The van der Waals surface area contributed by atoms with Crippen LogP contribution in [0.2, 0.25) is 5.02 Å². The fraction of sp³-hybridized carbons (Fsp3) is 0.375. The van der Waals surface area contributed by atoms with Gasteiger partial charge in [0, 0.05) is 19.3 Å². The van der Waals surface area contributed by atoms with Crippen molar-refractivity contribution in [1.82, 2.24) is 43.8 Å². The van der Waals surface area contributed by atoms with Gasteiger partial charge in [-0.2, -0.15) is 27.8 Å². The zero-order valence-electron chi connectivity index (χ0n) is 27.2. The van der Waals surface area contributed by atoms with Crippen molar-refractivity contribution in [3.8, 4) is 17.1 Å². The number of amides is 2. The number of carbonyl (C=O) groups excluding carboxylic acids is 2. The predicted octanol–water partition coefficient (Wildman–Crippen LogP) is 3.10. The highest BCUT2D eigenvalue weighted by molar-refractivity contribution is 6.33. The van der Waals surface area contributed by atoms with E-state index < -0.39 is 41.3 Å². The minimum Gasteiger partial charge on any atom is -0.504 e. The van der Waals surface area contributed by atoms with Gasteiger partial charge < -0.3 is 29.4 Å². The van der Waals surface area contributed by atoms with Crippen LogP contribution in [0.5, 0.6) is 5.75 Å². The van der Waals surface area contributed by atoms with Crippen molar-refractivity contribution in [3.63, 3.8) is 0 Å². The average Bonchev–Trinajstić information content (AvgIpc) is 3.83. The summed E-state index contributed by atoms with van der Waals surface area (Å²) in [6.45, 7) is 2.33. The maximum absolute atomic E-state index is 14.3. The second-order valence-electron chi connectivity index (χ2n) is 12.7. The summed E-state index contributed by atoms with van der Waals surface area (Å²) in [6, 6.07) is 2.63. The third kappa shape index (κ3) is 5.64. The Hall–Kier alpha value is -5.40. The average molecular weight is 741 g/mol. The summed E-state index contributed by atoms with van der Waals surface area (Å²) < 4.78 is 55.5. The maximum atomic E-state index is 14.3. The number of carbonyl (C=O) groups is 2. The first-order chi connectivity index (χ1) is 24.8. The van der Waals surface area contributed by atoms with Crippen LogP contribution in [0, 0.1) is 6.92 Å². The molecule has 52 heavy (non-hydrogen) atoms. The summed E-state index contributed by atoms with van der Waals surface area (Å²) in [5.74, 6) is -1.29. The number of anilines is 1. The summed E-state index contributed by atoms with van der Waals surface area (Å²) >= 11 is 6.12. The van der Waals surface area contributed by atoms with Crippen LogP contribution in [0.1, 0.15) is 51.9 Å². The van der Waals surface area contributed by atoms with Gasteiger partial charge in [0.2, 0.25) is 11.7 Å². The first kappa shape index (κ1) is 33.7. The van der Waals surface area contributed by atoms with Gasteiger partial charge in [-0.15, -0.1) is 5.10 Å². The molecule has 2 saturated heterocycles. The second kappa shape index (κ2) is 12.4.